The number of carbonyl (C=O) groups is 1. The molecule has 5 nitrogen and oxygen atoms in total. The smallest absolute Gasteiger partial charge is 0.331 e. The van der Waals surface area contributed by atoms with Crippen molar-refractivity contribution >= 4 is 45.3 Å². The predicted molar refractivity (Wildman–Crippen MR) is 118 cm³/mol. The van der Waals surface area contributed by atoms with Crippen molar-refractivity contribution in [2.45, 2.75) is 36.1 Å². The predicted octanol–water partition coefficient (Wildman–Crippen LogP) is 5.36. The van der Waals surface area contributed by atoms with Crippen LogP contribution < -0.4 is 14.8 Å². The number of hydrogen-bond acceptors (Lipinski definition) is 5. The number of methoxy groups -OCH3 is 1. The van der Waals surface area contributed by atoms with Crippen molar-refractivity contribution in [1.29, 1.82) is 0 Å². The molecule has 0 amide bonds. The summed E-state index contributed by atoms with van der Waals surface area (Å²) in [6, 6.07) is 9.98. The third-order valence-electron chi connectivity index (χ3n) is 7.18. The molecule has 6 rings (SSSR count). The van der Waals surface area contributed by atoms with E-state index in [0.29, 0.717) is 17.9 Å². The van der Waals surface area contributed by atoms with Crippen LogP contribution in [0, 0.1) is 0 Å². The molecular weight excluding hydrogens is 470 g/mol. The van der Waals surface area contributed by atoms with Gasteiger partial charge in [0.1, 0.15) is 5.54 Å². The first-order valence-electron chi connectivity index (χ1n) is 9.95. The molecule has 0 saturated heterocycles. The van der Waals surface area contributed by atoms with E-state index in [1.165, 1.54) is 12.7 Å². The van der Waals surface area contributed by atoms with E-state index in [-0.39, 0.29) is 24.1 Å². The molecule has 0 radical (unpaired) electrons. The van der Waals surface area contributed by atoms with Crippen LogP contribution in [0.25, 0.3) is 6.08 Å². The molecule has 1 spiro atoms. The lowest BCUT2D eigenvalue weighted by atomic mass is 9.55. The third-order valence-corrected chi connectivity index (χ3v) is 8.44. The van der Waals surface area contributed by atoms with Crippen molar-refractivity contribution in [3.63, 3.8) is 0 Å². The number of anilines is 1. The highest BCUT2D eigenvalue weighted by molar-refractivity contribution is 9.11. The Morgan fingerprint density at radius 1 is 1.27 bits per heavy atom. The summed E-state index contributed by atoms with van der Waals surface area (Å²) in [5, 5.41) is 4.19. The average Bonchev–Trinajstić information content (AvgIpc) is 3.30. The highest BCUT2D eigenvalue weighted by atomic mass is 79.9. The van der Waals surface area contributed by atoms with Gasteiger partial charge in [0.2, 0.25) is 6.79 Å². The maximum Gasteiger partial charge on any atom is 0.331 e. The van der Waals surface area contributed by atoms with Gasteiger partial charge in [-0.25, -0.2) is 4.79 Å². The number of esters is 1. The van der Waals surface area contributed by atoms with E-state index in [1.807, 2.05) is 24.3 Å². The summed E-state index contributed by atoms with van der Waals surface area (Å²) >= 11 is 10.6. The zero-order chi connectivity index (χ0) is 20.7. The van der Waals surface area contributed by atoms with Crippen LogP contribution in [-0.4, -0.2) is 25.4 Å². The topological polar surface area (TPSA) is 56.8 Å². The molecule has 0 aromatic heterocycles. The van der Waals surface area contributed by atoms with Gasteiger partial charge in [-0.05, 0) is 66.3 Å². The van der Waals surface area contributed by atoms with E-state index in [2.05, 4.69) is 33.4 Å². The molecule has 1 fully saturated rings. The van der Waals surface area contributed by atoms with Crippen LogP contribution in [-0.2, 0) is 14.9 Å². The van der Waals surface area contributed by atoms with E-state index in [4.69, 9.17) is 25.8 Å². The minimum atomic E-state index is -0.755. The molecule has 2 aliphatic carbocycles. The molecule has 2 bridgehead atoms. The monoisotopic (exact) mass is 487 g/mol. The fourth-order valence-electron chi connectivity index (χ4n) is 5.83. The molecule has 2 aliphatic heterocycles. The Morgan fingerprint density at radius 2 is 2.07 bits per heavy atom. The third kappa shape index (κ3) is 2.21. The first-order valence-corrected chi connectivity index (χ1v) is 11.1. The Labute approximate surface area is 187 Å². The van der Waals surface area contributed by atoms with Gasteiger partial charge in [-0.15, -0.1) is 0 Å². The maximum absolute atomic E-state index is 12.9. The molecule has 1 unspecified atom stereocenters. The van der Waals surface area contributed by atoms with Crippen LogP contribution in [0.4, 0.5) is 5.69 Å². The van der Waals surface area contributed by atoms with Crippen LogP contribution in [0.1, 0.15) is 41.9 Å². The van der Waals surface area contributed by atoms with Gasteiger partial charge in [0.25, 0.3) is 0 Å². The summed E-state index contributed by atoms with van der Waals surface area (Å²) in [6.45, 7) is 0.240. The van der Waals surface area contributed by atoms with Gasteiger partial charge in [-0.3, -0.25) is 0 Å². The van der Waals surface area contributed by atoms with Crippen LogP contribution in [0.3, 0.4) is 0 Å². The van der Waals surface area contributed by atoms with Gasteiger partial charge >= 0.3 is 5.97 Å². The zero-order valence-corrected chi connectivity index (χ0v) is 18.6. The quantitative estimate of drug-likeness (QED) is 0.548. The minimum absolute atomic E-state index is 0.00236. The number of fused-ring (bicyclic) bond motifs is 8. The Balaban J connectivity index is 1.59. The largest absolute Gasteiger partial charge is 0.467 e. The van der Waals surface area contributed by atoms with E-state index in [1.54, 1.807) is 0 Å². The van der Waals surface area contributed by atoms with Crippen LogP contribution in [0.2, 0.25) is 5.02 Å². The number of nitrogens with one attached hydrogen (secondary N) is 1. The number of halogens is 2. The Morgan fingerprint density at radius 3 is 2.87 bits per heavy atom. The molecule has 2 aromatic carbocycles. The molecule has 154 valence electrons. The second-order valence-corrected chi connectivity index (χ2v) is 9.67. The van der Waals surface area contributed by atoms with E-state index < -0.39 is 5.54 Å². The first kappa shape index (κ1) is 18.6. The number of hydrogen-bond donors (Lipinski definition) is 1. The van der Waals surface area contributed by atoms with Gasteiger partial charge in [0.05, 0.1) is 7.11 Å². The fourth-order valence-corrected chi connectivity index (χ4v) is 7.07. The van der Waals surface area contributed by atoms with Crippen molar-refractivity contribution < 1.29 is 19.0 Å². The SMILES string of the molecule is COC(=O)[C@@]12CC[C@]3(C(Br)=Cc4cc5c(cc43)OCO5)C(C1)c1c(Cl)cccc1N2. The summed E-state index contributed by atoms with van der Waals surface area (Å²) in [7, 11) is 1.45. The molecular formula is C23H19BrClNO4. The molecule has 30 heavy (non-hydrogen) atoms. The Bertz CT molecular complexity index is 1150. The second-order valence-electron chi connectivity index (χ2n) is 8.41. The van der Waals surface area contributed by atoms with Crippen LogP contribution in [0.15, 0.2) is 34.8 Å². The standard InChI is InChI=1S/C23H19BrClNO4/c1-28-21(27)22-5-6-23(14(10-22)20-15(25)3-2-4-16(20)26-22)13-9-18-17(29-11-30-18)7-12(13)8-19(23)24/h2-4,7-9,14,26H,5-6,10-11H2,1H3/t14?,22-,23-/m1/s1. The fraction of sp³-hybridized carbons (Fsp3) is 0.348. The first-order chi connectivity index (χ1) is 14.5. The van der Waals surface area contributed by atoms with Crippen molar-refractivity contribution in [2.24, 2.45) is 0 Å². The molecule has 1 N–H and O–H groups in total. The molecule has 3 atom stereocenters. The van der Waals surface area contributed by atoms with Crippen LogP contribution >= 0.6 is 27.5 Å². The lowest BCUT2D eigenvalue weighted by molar-refractivity contribution is -0.148. The summed E-state index contributed by atoms with van der Waals surface area (Å²) in [5.41, 5.74) is 3.18. The van der Waals surface area contributed by atoms with Crippen LogP contribution in [0.5, 0.6) is 11.5 Å². The summed E-state index contributed by atoms with van der Waals surface area (Å²) < 4.78 is 17.6. The summed E-state index contributed by atoms with van der Waals surface area (Å²) in [4.78, 5) is 12.9. The van der Waals surface area contributed by atoms with Crippen molar-refractivity contribution in [3.05, 3.63) is 56.5 Å². The van der Waals surface area contributed by atoms with Crippen molar-refractivity contribution in [3.8, 4) is 11.5 Å². The summed E-state index contributed by atoms with van der Waals surface area (Å²) in [5.74, 6) is 1.31. The minimum Gasteiger partial charge on any atom is -0.467 e. The maximum atomic E-state index is 12.9. The van der Waals surface area contributed by atoms with Gasteiger partial charge in [-0.1, -0.05) is 33.6 Å². The van der Waals surface area contributed by atoms with Gasteiger partial charge in [0.15, 0.2) is 11.5 Å². The van der Waals surface area contributed by atoms with Gasteiger partial charge in [0, 0.05) is 26.5 Å². The lowest BCUT2D eigenvalue weighted by Crippen LogP contribution is -2.58. The van der Waals surface area contributed by atoms with E-state index >= 15 is 0 Å². The number of carbonyl (C=O) groups excluding carboxylic acids is 1. The molecule has 4 aliphatic rings. The Kier molecular flexibility index (Phi) is 3.82. The zero-order valence-electron chi connectivity index (χ0n) is 16.3. The number of allylic oxidation sites excluding steroid dienone is 1. The number of rotatable bonds is 1. The molecule has 7 heteroatoms. The van der Waals surface area contributed by atoms with Gasteiger partial charge < -0.3 is 19.5 Å². The van der Waals surface area contributed by atoms with E-state index in [0.717, 1.165) is 39.2 Å². The van der Waals surface area contributed by atoms with Gasteiger partial charge in [-0.2, -0.15) is 0 Å². The summed E-state index contributed by atoms with van der Waals surface area (Å²) in [6.07, 6.45) is 4.20. The number of ether oxygens (including phenoxy) is 3. The molecule has 1 saturated carbocycles. The Hall–Kier alpha value is -2.18. The lowest BCUT2D eigenvalue weighted by Gasteiger charge is -2.54. The van der Waals surface area contributed by atoms with E-state index in [9.17, 15) is 4.79 Å². The number of benzene rings is 2. The molecule has 2 heterocycles. The highest BCUT2D eigenvalue weighted by Gasteiger charge is 2.60. The second kappa shape index (κ2) is 6.17. The highest BCUT2D eigenvalue weighted by Crippen LogP contribution is 2.65. The van der Waals surface area contributed by atoms with Crippen molar-refractivity contribution in [1.82, 2.24) is 0 Å². The normalized spacial score (nSPS) is 29.7. The van der Waals surface area contributed by atoms with Crippen molar-refractivity contribution in [2.75, 3.05) is 19.2 Å². The average molecular weight is 489 g/mol. The molecule has 2 aromatic rings.